The van der Waals surface area contributed by atoms with Crippen LogP contribution < -0.4 is 4.89 Å². The molecule has 1 aromatic rings. The zero-order valence-electron chi connectivity index (χ0n) is 9.34. The predicted octanol–water partition coefficient (Wildman–Crippen LogP) is 1.31. The van der Waals surface area contributed by atoms with Gasteiger partial charge in [0.1, 0.15) is 4.21 Å². The third-order valence-electron chi connectivity index (χ3n) is 1.67. The Morgan fingerprint density at radius 2 is 2.24 bits per heavy atom. The molecule has 96 valence electrons. The van der Waals surface area contributed by atoms with Gasteiger partial charge >= 0.3 is 5.97 Å². The molecule has 0 aliphatic heterocycles. The first-order valence-electron chi connectivity index (χ1n) is 4.78. The average Bonchev–Trinajstić information content (AvgIpc) is 2.65. The number of carboxylic acid groups (broad SMARTS) is 1. The van der Waals surface area contributed by atoms with Gasteiger partial charge in [0.25, 0.3) is 10.0 Å². The predicted molar refractivity (Wildman–Crippen MR) is 62.4 cm³/mol. The molecular formula is C9H13NO5S2. The zero-order valence-corrected chi connectivity index (χ0v) is 11.0. The van der Waals surface area contributed by atoms with E-state index in [1.165, 1.54) is 5.38 Å². The standard InChI is InChI=1S/C9H13NO5S2/c1-6(2)4-15-10-17(13,14)8-3-7(5-16-8)9(11)12/h3,5-6,10H,4H2,1-2H3,(H,11,12). The maximum Gasteiger partial charge on any atom is 0.336 e. The molecule has 0 amide bonds. The summed E-state index contributed by atoms with van der Waals surface area (Å²) in [6.45, 7) is 4.00. The number of carbonyl (C=O) groups is 1. The van der Waals surface area contributed by atoms with Gasteiger partial charge in [-0.05, 0) is 12.0 Å². The van der Waals surface area contributed by atoms with Crippen LogP contribution in [0.1, 0.15) is 24.2 Å². The van der Waals surface area contributed by atoms with Crippen molar-refractivity contribution in [2.24, 2.45) is 5.92 Å². The number of thiophene rings is 1. The monoisotopic (exact) mass is 279 g/mol. The zero-order chi connectivity index (χ0) is 13.1. The fourth-order valence-corrected chi connectivity index (χ4v) is 2.84. The summed E-state index contributed by atoms with van der Waals surface area (Å²) in [4.78, 5) is 17.4. The van der Waals surface area contributed by atoms with Crippen molar-refractivity contribution in [3.63, 3.8) is 0 Å². The summed E-state index contributed by atoms with van der Waals surface area (Å²) in [5, 5.41) is 9.94. The molecular weight excluding hydrogens is 266 g/mol. The lowest BCUT2D eigenvalue weighted by atomic mass is 10.2. The summed E-state index contributed by atoms with van der Waals surface area (Å²) in [5.41, 5.74) is -0.0563. The molecule has 1 aromatic heterocycles. The minimum Gasteiger partial charge on any atom is -0.478 e. The summed E-state index contributed by atoms with van der Waals surface area (Å²) in [6, 6.07) is 1.09. The quantitative estimate of drug-likeness (QED) is 0.766. The Balaban J connectivity index is 2.72. The van der Waals surface area contributed by atoms with E-state index in [2.05, 4.69) is 0 Å². The number of carboxylic acids is 1. The van der Waals surface area contributed by atoms with Crippen molar-refractivity contribution in [1.29, 1.82) is 0 Å². The van der Waals surface area contributed by atoms with Crippen LogP contribution in [0.25, 0.3) is 0 Å². The van der Waals surface area contributed by atoms with Gasteiger partial charge in [-0.2, -0.15) is 0 Å². The van der Waals surface area contributed by atoms with E-state index in [9.17, 15) is 13.2 Å². The summed E-state index contributed by atoms with van der Waals surface area (Å²) in [7, 11) is -3.79. The highest BCUT2D eigenvalue weighted by atomic mass is 32.2. The van der Waals surface area contributed by atoms with Gasteiger partial charge in [0.2, 0.25) is 0 Å². The molecule has 0 aliphatic rings. The Hall–Kier alpha value is -0.960. The number of rotatable bonds is 6. The largest absolute Gasteiger partial charge is 0.478 e. The molecule has 0 unspecified atom stereocenters. The molecule has 2 N–H and O–H groups in total. The van der Waals surface area contributed by atoms with Crippen LogP contribution in [-0.2, 0) is 14.9 Å². The summed E-state index contributed by atoms with van der Waals surface area (Å²) >= 11 is 0.832. The second-order valence-corrected chi connectivity index (χ2v) is 6.53. The van der Waals surface area contributed by atoms with Crippen LogP contribution in [0.4, 0.5) is 0 Å². The Morgan fingerprint density at radius 3 is 2.71 bits per heavy atom. The molecule has 17 heavy (non-hydrogen) atoms. The molecule has 0 atom stereocenters. The SMILES string of the molecule is CC(C)CONS(=O)(=O)c1cc(C(=O)O)cs1. The van der Waals surface area contributed by atoms with E-state index < -0.39 is 16.0 Å². The van der Waals surface area contributed by atoms with E-state index in [0.29, 0.717) is 0 Å². The molecule has 8 heteroatoms. The summed E-state index contributed by atoms with van der Waals surface area (Å²) < 4.78 is 23.2. The van der Waals surface area contributed by atoms with Crippen molar-refractivity contribution in [2.75, 3.05) is 6.61 Å². The highest BCUT2D eigenvalue weighted by Gasteiger charge is 2.19. The van der Waals surface area contributed by atoms with Crippen LogP contribution >= 0.6 is 11.3 Å². The van der Waals surface area contributed by atoms with Crippen LogP contribution in [0.15, 0.2) is 15.7 Å². The van der Waals surface area contributed by atoms with Gasteiger partial charge in [0.15, 0.2) is 0 Å². The van der Waals surface area contributed by atoms with Crippen LogP contribution in [0.2, 0.25) is 0 Å². The lowest BCUT2D eigenvalue weighted by Crippen LogP contribution is -2.25. The van der Waals surface area contributed by atoms with Gasteiger partial charge in [-0.3, -0.25) is 4.84 Å². The Kier molecular flexibility index (Phi) is 4.63. The van der Waals surface area contributed by atoms with Gasteiger partial charge < -0.3 is 5.11 Å². The molecule has 1 heterocycles. The fraction of sp³-hybridized carbons (Fsp3) is 0.444. The molecule has 0 saturated carbocycles. The molecule has 0 bridgehead atoms. The maximum atomic E-state index is 11.6. The van der Waals surface area contributed by atoms with Gasteiger partial charge in [-0.15, -0.1) is 11.3 Å². The van der Waals surface area contributed by atoms with Crippen LogP contribution in [0.5, 0.6) is 0 Å². The van der Waals surface area contributed by atoms with Crippen molar-refractivity contribution in [2.45, 2.75) is 18.1 Å². The lowest BCUT2D eigenvalue weighted by molar-refractivity contribution is 0.0697. The van der Waals surface area contributed by atoms with Crippen molar-refractivity contribution < 1.29 is 23.2 Å². The molecule has 0 spiro atoms. The molecule has 6 nitrogen and oxygen atoms in total. The number of nitrogens with one attached hydrogen (secondary N) is 1. The molecule has 0 aromatic carbocycles. The average molecular weight is 279 g/mol. The second-order valence-electron chi connectivity index (χ2n) is 3.75. The van der Waals surface area contributed by atoms with Gasteiger partial charge in [-0.1, -0.05) is 18.7 Å². The molecule has 1 rings (SSSR count). The number of hydrogen-bond donors (Lipinski definition) is 2. The summed E-state index contributed by atoms with van der Waals surface area (Å²) in [6.07, 6.45) is 0. The van der Waals surface area contributed by atoms with E-state index in [4.69, 9.17) is 9.94 Å². The first-order valence-corrected chi connectivity index (χ1v) is 7.14. The van der Waals surface area contributed by atoms with Crippen molar-refractivity contribution in [3.05, 3.63) is 17.0 Å². The third-order valence-corrected chi connectivity index (χ3v) is 4.33. The number of hydrogen-bond acceptors (Lipinski definition) is 5. The topological polar surface area (TPSA) is 92.7 Å². The maximum absolute atomic E-state index is 11.6. The van der Waals surface area contributed by atoms with Gasteiger partial charge in [-0.25, -0.2) is 13.2 Å². The first kappa shape index (κ1) is 14.1. The summed E-state index contributed by atoms with van der Waals surface area (Å²) in [5.74, 6) is -0.971. The van der Waals surface area contributed by atoms with E-state index in [1.54, 1.807) is 0 Å². The van der Waals surface area contributed by atoms with E-state index >= 15 is 0 Å². The second kappa shape index (κ2) is 5.58. The number of sulfonamides is 1. The molecule has 0 saturated heterocycles. The minimum atomic E-state index is -3.79. The molecule has 0 radical (unpaired) electrons. The van der Waals surface area contributed by atoms with Crippen LogP contribution in [0.3, 0.4) is 0 Å². The number of aromatic carboxylic acids is 1. The van der Waals surface area contributed by atoms with Gasteiger partial charge in [0.05, 0.1) is 12.2 Å². The van der Waals surface area contributed by atoms with E-state index in [1.807, 2.05) is 18.7 Å². The van der Waals surface area contributed by atoms with E-state index in [-0.39, 0.29) is 22.3 Å². The van der Waals surface area contributed by atoms with Crippen molar-refractivity contribution >= 4 is 27.3 Å². The Labute approximate surface area is 103 Å². The van der Waals surface area contributed by atoms with Crippen molar-refractivity contribution in [1.82, 2.24) is 4.89 Å². The van der Waals surface area contributed by atoms with Crippen LogP contribution in [-0.4, -0.2) is 26.1 Å². The highest BCUT2D eigenvalue weighted by Crippen LogP contribution is 2.20. The Morgan fingerprint density at radius 1 is 1.59 bits per heavy atom. The molecule has 0 aliphatic carbocycles. The van der Waals surface area contributed by atoms with Gasteiger partial charge in [0, 0.05) is 5.38 Å². The highest BCUT2D eigenvalue weighted by molar-refractivity contribution is 7.91. The smallest absolute Gasteiger partial charge is 0.336 e. The normalized spacial score (nSPS) is 11.9. The Bertz CT molecular complexity index is 491. The van der Waals surface area contributed by atoms with E-state index in [0.717, 1.165) is 17.4 Å². The van der Waals surface area contributed by atoms with Crippen molar-refractivity contribution in [3.8, 4) is 0 Å². The minimum absolute atomic E-state index is 0.0563. The fourth-order valence-electron chi connectivity index (χ4n) is 0.889. The molecule has 0 fully saturated rings. The lowest BCUT2D eigenvalue weighted by Gasteiger charge is -2.07. The van der Waals surface area contributed by atoms with Crippen LogP contribution in [0, 0.1) is 5.92 Å². The first-order chi connectivity index (χ1) is 7.83. The third kappa shape index (κ3) is 4.08.